The van der Waals surface area contributed by atoms with E-state index in [0.717, 1.165) is 0 Å². The van der Waals surface area contributed by atoms with E-state index >= 15 is 0 Å². The molecule has 2 aliphatic carbocycles. The Labute approximate surface area is 138 Å². The van der Waals surface area contributed by atoms with Crippen molar-refractivity contribution < 1.29 is 19.2 Å². The van der Waals surface area contributed by atoms with Crippen molar-refractivity contribution in [2.24, 2.45) is 11.8 Å². The molecule has 108 valence electrons. The van der Waals surface area contributed by atoms with Gasteiger partial charge in [-0.3, -0.25) is 12.2 Å². The van der Waals surface area contributed by atoms with Gasteiger partial charge >= 0.3 is 38.5 Å². The zero-order valence-electron chi connectivity index (χ0n) is 13.9. The molecule has 0 amide bonds. The van der Waals surface area contributed by atoms with Crippen LogP contribution in [0.15, 0.2) is 35.5 Å². The molecule has 0 saturated carbocycles. The first-order valence-electron chi connectivity index (χ1n) is 7.47. The number of rotatable bonds is 2. The van der Waals surface area contributed by atoms with E-state index in [2.05, 4.69) is 96.4 Å². The summed E-state index contributed by atoms with van der Waals surface area (Å²) in [4.78, 5) is 0. The Hall–Kier alpha value is -0.109. The van der Waals surface area contributed by atoms with Crippen molar-refractivity contribution >= 4 is 6.19 Å². The summed E-state index contributed by atoms with van der Waals surface area (Å²) in [6.45, 7) is 13.1. The molecule has 0 heterocycles. The average Bonchev–Trinajstić information content (AvgIpc) is 2.97. The molecule has 0 saturated heterocycles. The molecule has 0 radical (unpaired) electrons. The number of hydrogen-bond donors (Lipinski definition) is 0. The molecule has 2 aliphatic rings. The molecule has 0 N–H and O–H groups in total. The fourth-order valence-corrected chi connectivity index (χ4v) is 1.77. The van der Waals surface area contributed by atoms with Gasteiger partial charge in [-0.25, -0.2) is 23.3 Å². The van der Waals surface area contributed by atoms with Crippen LogP contribution >= 0.6 is 0 Å². The van der Waals surface area contributed by atoms with Crippen LogP contribution in [-0.2, 0) is 19.2 Å². The Morgan fingerprint density at radius 1 is 0.950 bits per heavy atom. The second-order valence-electron chi connectivity index (χ2n) is 5.40. The summed E-state index contributed by atoms with van der Waals surface area (Å²) >= 11 is 2.27. The zero-order chi connectivity index (χ0) is 15.5. The van der Waals surface area contributed by atoms with E-state index in [4.69, 9.17) is 0 Å². The first kappa shape index (κ1) is 19.9. The predicted octanol–water partition coefficient (Wildman–Crippen LogP) is 5.45. The van der Waals surface area contributed by atoms with Gasteiger partial charge in [0.1, 0.15) is 0 Å². The van der Waals surface area contributed by atoms with Crippen LogP contribution in [0.3, 0.4) is 0 Å². The van der Waals surface area contributed by atoms with Crippen LogP contribution in [0.1, 0.15) is 40.5 Å². The second-order valence-corrected chi connectivity index (χ2v) is 12.1. The van der Waals surface area contributed by atoms with Crippen molar-refractivity contribution in [3.63, 3.8) is 0 Å². The van der Waals surface area contributed by atoms with E-state index in [9.17, 15) is 0 Å². The minimum absolute atomic E-state index is 0.120. The third-order valence-electron chi connectivity index (χ3n) is 2.86. The van der Waals surface area contributed by atoms with Crippen LogP contribution in [-0.4, -0.2) is 6.19 Å². The van der Waals surface area contributed by atoms with Gasteiger partial charge in [0.2, 0.25) is 0 Å². The van der Waals surface area contributed by atoms with Crippen molar-refractivity contribution in [3.8, 4) is 0 Å². The van der Waals surface area contributed by atoms with Crippen LogP contribution in [0.5, 0.6) is 0 Å². The van der Waals surface area contributed by atoms with Gasteiger partial charge in [-0.1, -0.05) is 52.4 Å². The SMILES string of the molecule is CCC1[C-]=C(C)C=C1.CCC1[C-]=C(C)C=C1.C[Si](C)=[Ti+2]. The van der Waals surface area contributed by atoms with Crippen LogP contribution < -0.4 is 0 Å². The fourth-order valence-electron chi connectivity index (χ4n) is 1.77. The van der Waals surface area contributed by atoms with Crippen molar-refractivity contribution in [3.05, 3.63) is 47.6 Å². The summed E-state index contributed by atoms with van der Waals surface area (Å²) < 4.78 is 0. The van der Waals surface area contributed by atoms with E-state index in [1.807, 2.05) is 0 Å². The van der Waals surface area contributed by atoms with Crippen molar-refractivity contribution in [1.82, 2.24) is 0 Å². The number of allylic oxidation sites excluding steroid dienone is 8. The fraction of sp³-hybridized carbons (Fsp3) is 0.556. The maximum absolute atomic E-state index is 3.31. The van der Waals surface area contributed by atoms with Gasteiger partial charge < -0.3 is 0 Å². The van der Waals surface area contributed by atoms with Gasteiger partial charge in [0.25, 0.3) is 0 Å². The quantitative estimate of drug-likeness (QED) is 0.469. The summed E-state index contributed by atoms with van der Waals surface area (Å²) in [6.07, 6.45) is 17.8. The molecule has 0 aromatic heterocycles. The molecule has 2 heteroatoms. The molecule has 2 rings (SSSR count). The van der Waals surface area contributed by atoms with E-state index in [0.29, 0.717) is 11.8 Å². The van der Waals surface area contributed by atoms with Crippen LogP contribution in [0, 0.1) is 24.0 Å². The Bertz CT molecular complexity index is 375. The molecule has 2 unspecified atom stereocenters. The van der Waals surface area contributed by atoms with Gasteiger partial charge in [-0.15, -0.1) is 0 Å². The van der Waals surface area contributed by atoms with E-state index in [1.165, 1.54) is 24.0 Å². The molecule has 0 spiro atoms. The Morgan fingerprint density at radius 2 is 1.25 bits per heavy atom. The first-order valence-corrected chi connectivity index (χ1v) is 12.3. The van der Waals surface area contributed by atoms with Crippen molar-refractivity contribution in [1.29, 1.82) is 0 Å². The average molecular weight is 320 g/mol. The van der Waals surface area contributed by atoms with Crippen LogP contribution in [0.2, 0.25) is 13.1 Å². The van der Waals surface area contributed by atoms with Gasteiger partial charge in [-0.05, 0) is 0 Å². The Morgan fingerprint density at radius 3 is 1.35 bits per heavy atom. The number of hydrogen-bond acceptors (Lipinski definition) is 0. The third kappa shape index (κ3) is 10.7. The zero-order valence-corrected chi connectivity index (χ0v) is 16.4. The molecule has 0 bridgehead atoms. The monoisotopic (exact) mass is 320 g/mol. The van der Waals surface area contributed by atoms with Gasteiger partial charge in [-0.2, -0.15) is 12.2 Å². The molecular formula is C18H28SiTi. The van der Waals surface area contributed by atoms with Gasteiger partial charge in [0.05, 0.1) is 0 Å². The standard InChI is InChI=1S/2C8H11.C2H6Si.Ti/c2*1-3-8-5-4-7(2)6-8;1-3-2;/h2*4-5,8H,3H2,1-2H3;1-2H3;/q2*-1;;+2. The minimum atomic E-state index is 0.120. The van der Waals surface area contributed by atoms with Crippen molar-refractivity contribution in [2.45, 2.75) is 53.6 Å². The summed E-state index contributed by atoms with van der Waals surface area (Å²) in [6, 6.07) is 0. The second kappa shape index (κ2) is 11.5. The molecule has 0 fully saturated rings. The molecule has 2 atom stereocenters. The van der Waals surface area contributed by atoms with Crippen LogP contribution in [0.4, 0.5) is 0 Å². The summed E-state index contributed by atoms with van der Waals surface area (Å²) in [5.74, 6) is 1.21. The Balaban J connectivity index is 0.000000289. The first-order chi connectivity index (χ1) is 9.38. The summed E-state index contributed by atoms with van der Waals surface area (Å²) in [5, 5.41) is 0. The predicted molar refractivity (Wildman–Crippen MR) is 88.2 cm³/mol. The molecule has 0 aromatic carbocycles. The third-order valence-corrected chi connectivity index (χ3v) is 2.86. The normalized spacial score (nSPS) is 22.4. The molecule has 0 nitrogen and oxygen atoms in total. The van der Waals surface area contributed by atoms with E-state index in [1.54, 1.807) is 0 Å². The molecule has 20 heavy (non-hydrogen) atoms. The summed E-state index contributed by atoms with van der Waals surface area (Å²) in [5.41, 5.74) is 2.58. The van der Waals surface area contributed by atoms with E-state index in [-0.39, 0.29) is 6.19 Å². The van der Waals surface area contributed by atoms with Gasteiger partial charge in [0.15, 0.2) is 0 Å². The van der Waals surface area contributed by atoms with Crippen molar-refractivity contribution in [2.75, 3.05) is 0 Å². The Kier molecular flexibility index (Phi) is 11.5. The molecule has 0 aliphatic heterocycles. The van der Waals surface area contributed by atoms with Gasteiger partial charge in [0, 0.05) is 0 Å². The topological polar surface area (TPSA) is 0 Å². The molecule has 0 aromatic rings. The maximum atomic E-state index is 3.31. The molecular weight excluding hydrogens is 292 g/mol. The summed E-state index contributed by atoms with van der Waals surface area (Å²) in [7, 11) is 0. The van der Waals surface area contributed by atoms with Crippen LogP contribution in [0.25, 0.3) is 0 Å². The van der Waals surface area contributed by atoms with E-state index < -0.39 is 0 Å².